The molecule has 1 aromatic rings. The van der Waals surface area contributed by atoms with Crippen LogP contribution in [0.3, 0.4) is 0 Å². The van der Waals surface area contributed by atoms with Crippen LogP contribution in [-0.4, -0.2) is 22.0 Å². The number of hydrogen-bond donors (Lipinski definition) is 2. The van der Waals surface area contributed by atoms with Crippen LogP contribution in [0.1, 0.15) is 32.1 Å². The SMILES string of the molecule is O=C(O)C(Nc1ccc([N+](=O)[O-])cc1Cl)C1CCCCC1. The first-order valence-electron chi connectivity index (χ1n) is 6.92. The second-order valence-corrected chi connectivity index (χ2v) is 5.69. The average Bonchev–Trinajstić information content (AvgIpc) is 2.46. The highest BCUT2D eigenvalue weighted by atomic mass is 35.5. The number of anilines is 1. The minimum atomic E-state index is -0.920. The molecule has 0 radical (unpaired) electrons. The predicted octanol–water partition coefficient (Wildman–Crippen LogP) is 3.69. The summed E-state index contributed by atoms with van der Waals surface area (Å²) in [6.07, 6.45) is 4.94. The highest BCUT2D eigenvalue weighted by molar-refractivity contribution is 6.33. The lowest BCUT2D eigenvalue weighted by Crippen LogP contribution is -2.38. The molecule has 0 heterocycles. The Balaban J connectivity index is 2.16. The molecule has 6 nitrogen and oxygen atoms in total. The van der Waals surface area contributed by atoms with Crippen molar-refractivity contribution in [3.8, 4) is 0 Å². The molecular weight excluding hydrogens is 296 g/mol. The molecule has 1 aliphatic rings. The van der Waals surface area contributed by atoms with Crippen molar-refractivity contribution < 1.29 is 14.8 Å². The third kappa shape index (κ3) is 3.85. The highest BCUT2D eigenvalue weighted by Gasteiger charge is 2.29. The van der Waals surface area contributed by atoms with E-state index in [0.717, 1.165) is 32.1 Å². The maximum atomic E-state index is 11.5. The van der Waals surface area contributed by atoms with Crippen LogP contribution in [0.2, 0.25) is 5.02 Å². The van der Waals surface area contributed by atoms with Gasteiger partial charge in [0.15, 0.2) is 0 Å². The molecule has 1 aliphatic carbocycles. The fraction of sp³-hybridized carbons (Fsp3) is 0.500. The molecule has 0 amide bonds. The van der Waals surface area contributed by atoms with Crippen LogP contribution in [0.4, 0.5) is 11.4 Å². The summed E-state index contributed by atoms with van der Waals surface area (Å²) in [5.74, 6) is -0.862. The zero-order valence-electron chi connectivity index (χ0n) is 11.4. The Bertz CT molecular complexity index is 544. The van der Waals surface area contributed by atoms with E-state index in [1.165, 1.54) is 18.2 Å². The van der Waals surface area contributed by atoms with E-state index < -0.39 is 16.9 Å². The van der Waals surface area contributed by atoms with E-state index in [9.17, 15) is 20.0 Å². The molecule has 0 aliphatic heterocycles. The van der Waals surface area contributed by atoms with Gasteiger partial charge in [-0.15, -0.1) is 0 Å². The fourth-order valence-electron chi connectivity index (χ4n) is 2.75. The summed E-state index contributed by atoms with van der Waals surface area (Å²) in [5.41, 5.74) is 0.301. The first-order chi connectivity index (χ1) is 9.99. The van der Waals surface area contributed by atoms with Gasteiger partial charge in [-0.3, -0.25) is 10.1 Å². The monoisotopic (exact) mass is 312 g/mol. The maximum Gasteiger partial charge on any atom is 0.326 e. The standard InChI is InChI=1S/C14H17ClN2O4/c15-11-8-10(17(20)21)6-7-12(11)16-13(14(18)19)9-4-2-1-3-5-9/h6-9,13,16H,1-5H2,(H,18,19). The van der Waals surface area contributed by atoms with Gasteiger partial charge < -0.3 is 10.4 Å². The lowest BCUT2D eigenvalue weighted by atomic mass is 9.84. The van der Waals surface area contributed by atoms with E-state index in [1.54, 1.807) is 0 Å². The number of nitrogens with zero attached hydrogens (tertiary/aromatic N) is 1. The third-order valence-corrected chi connectivity index (χ3v) is 4.17. The number of halogens is 1. The quantitative estimate of drug-likeness (QED) is 0.639. The van der Waals surface area contributed by atoms with Crippen molar-refractivity contribution in [1.29, 1.82) is 0 Å². The van der Waals surface area contributed by atoms with Crippen molar-refractivity contribution in [1.82, 2.24) is 0 Å². The molecule has 0 bridgehead atoms. The van der Waals surface area contributed by atoms with E-state index >= 15 is 0 Å². The first kappa shape index (κ1) is 15.6. The van der Waals surface area contributed by atoms with Crippen molar-refractivity contribution >= 4 is 28.9 Å². The number of nitro benzene ring substituents is 1. The summed E-state index contributed by atoms with van der Waals surface area (Å²) in [6.45, 7) is 0. The van der Waals surface area contributed by atoms with Crippen molar-refractivity contribution in [2.24, 2.45) is 5.92 Å². The van der Waals surface area contributed by atoms with Gasteiger partial charge in [0, 0.05) is 12.1 Å². The Morgan fingerprint density at radius 1 is 1.38 bits per heavy atom. The van der Waals surface area contributed by atoms with Gasteiger partial charge in [-0.05, 0) is 24.8 Å². The van der Waals surface area contributed by atoms with Crippen molar-refractivity contribution in [2.75, 3.05) is 5.32 Å². The van der Waals surface area contributed by atoms with Crippen LogP contribution >= 0.6 is 11.6 Å². The molecule has 2 rings (SSSR count). The second kappa shape index (κ2) is 6.76. The number of aliphatic carboxylic acids is 1. The number of carboxylic acid groups (broad SMARTS) is 1. The number of carboxylic acids is 1. The van der Waals surface area contributed by atoms with Gasteiger partial charge in [0.05, 0.1) is 15.6 Å². The van der Waals surface area contributed by atoms with E-state index in [4.69, 9.17) is 11.6 Å². The highest BCUT2D eigenvalue weighted by Crippen LogP contribution is 2.32. The Morgan fingerprint density at radius 2 is 2.05 bits per heavy atom. The molecule has 0 spiro atoms. The van der Waals surface area contributed by atoms with Crippen molar-refractivity contribution in [3.05, 3.63) is 33.3 Å². The van der Waals surface area contributed by atoms with Gasteiger partial charge in [-0.2, -0.15) is 0 Å². The Hall–Kier alpha value is -1.82. The summed E-state index contributed by atoms with van der Waals surface area (Å²) in [5, 5.41) is 23.2. The number of nitro groups is 1. The second-order valence-electron chi connectivity index (χ2n) is 5.28. The predicted molar refractivity (Wildman–Crippen MR) is 79.7 cm³/mol. The lowest BCUT2D eigenvalue weighted by molar-refractivity contribution is -0.384. The van der Waals surface area contributed by atoms with E-state index in [-0.39, 0.29) is 16.6 Å². The smallest absolute Gasteiger partial charge is 0.326 e. The summed E-state index contributed by atoms with van der Waals surface area (Å²) in [6, 6.07) is 3.28. The number of non-ortho nitro benzene ring substituents is 1. The summed E-state index contributed by atoms with van der Waals surface area (Å²) in [7, 11) is 0. The third-order valence-electron chi connectivity index (χ3n) is 3.86. The molecule has 1 unspecified atom stereocenters. The lowest BCUT2D eigenvalue weighted by Gasteiger charge is -2.28. The summed E-state index contributed by atoms with van der Waals surface area (Å²) in [4.78, 5) is 21.6. The summed E-state index contributed by atoms with van der Waals surface area (Å²) >= 11 is 6.00. The molecular formula is C14H17ClN2O4. The molecule has 2 N–H and O–H groups in total. The normalized spacial score (nSPS) is 17.2. The van der Waals surface area contributed by atoms with Crippen LogP contribution in [0.15, 0.2) is 18.2 Å². The van der Waals surface area contributed by atoms with E-state index in [2.05, 4.69) is 5.32 Å². The zero-order valence-corrected chi connectivity index (χ0v) is 12.2. The van der Waals surface area contributed by atoms with E-state index in [0.29, 0.717) is 5.69 Å². The maximum absolute atomic E-state index is 11.5. The minimum absolute atomic E-state index is 0.0579. The summed E-state index contributed by atoms with van der Waals surface area (Å²) < 4.78 is 0. The molecule has 0 aromatic heterocycles. The topological polar surface area (TPSA) is 92.5 Å². The largest absolute Gasteiger partial charge is 0.480 e. The number of rotatable bonds is 5. The fourth-order valence-corrected chi connectivity index (χ4v) is 2.98. The zero-order chi connectivity index (χ0) is 15.4. The molecule has 1 saturated carbocycles. The Kier molecular flexibility index (Phi) is 5.01. The number of hydrogen-bond acceptors (Lipinski definition) is 4. The van der Waals surface area contributed by atoms with Gasteiger partial charge in [-0.25, -0.2) is 4.79 Å². The molecule has 7 heteroatoms. The van der Waals surface area contributed by atoms with Gasteiger partial charge in [0.25, 0.3) is 5.69 Å². The van der Waals surface area contributed by atoms with Gasteiger partial charge in [0.1, 0.15) is 6.04 Å². The van der Waals surface area contributed by atoms with Crippen molar-refractivity contribution in [3.63, 3.8) is 0 Å². The van der Waals surface area contributed by atoms with Crippen molar-refractivity contribution in [2.45, 2.75) is 38.1 Å². The molecule has 21 heavy (non-hydrogen) atoms. The molecule has 0 saturated heterocycles. The molecule has 114 valence electrons. The molecule has 1 aromatic carbocycles. The Morgan fingerprint density at radius 3 is 2.57 bits per heavy atom. The Labute approximate surface area is 127 Å². The van der Waals surface area contributed by atoms with E-state index in [1.807, 2.05) is 0 Å². The first-order valence-corrected chi connectivity index (χ1v) is 7.30. The van der Waals surface area contributed by atoms with Crippen LogP contribution in [-0.2, 0) is 4.79 Å². The number of nitrogens with one attached hydrogen (secondary N) is 1. The number of carbonyl (C=O) groups is 1. The van der Waals surface area contributed by atoms with Crippen LogP contribution in [0, 0.1) is 16.0 Å². The average molecular weight is 313 g/mol. The van der Waals surface area contributed by atoms with Gasteiger partial charge in [0.2, 0.25) is 0 Å². The number of benzene rings is 1. The van der Waals surface area contributed by atoms with Crippen LogP contribution in [0.5, 0.6) is 0 Å². The molecule has 1 fully saturated rings. The van der Waals surface area contributed by atoms with Crippen LogP contribution in [0.25, 0.3) is 0 Å². The molecule has 1 atom stereocenters. The van der Waals surface area contributed by atoms with Gasteiger partial charge >= 0.3 is 5.97 Å². The minimum Gasteiger partial charge on any atom is -0.480 e. The van der Waals surface area contributed by atoms with Crippen LogP contribution < -0.4 is 5.32 Å². The van der Waals surface area contributed by atoms with Gasteiger partial charge in [-0.1, -0.05) is 30.9 Å².